The van der Waals surface area contributed by atoms with Gasteiger partial charge in [-0.05, 0) is 24.8 Å². The van der Waals surface area contributed by atoms with Gasteiger partial charge in [-0.1, -0.05) is 45.0 Å². The largest absolute Gasteiger partial charge is 0.319 e. The predicted octanol–water partition coefficient (Wildman–Crippen LogP) is 3.12. The van der Waals surface area contributed by atoms with Gasteiger partial charge in [-0.2, -0.15) is 0 Å². The zero-order valence-corrected chi connectivity index (χ0v) is 10.6. The van der Waals surface area contributed by atoms with Gasteiger partial charge >= 0.3 is 0 Å². The number of rotatable bonds is 4. The summed E-state index contributed by atoms with van der Waals surface area (Å²) in [6, 6.07) is 7.75. The molecule has 0 fully saturated rings. The van der Waals surface area contributed by atoms with Gasteiger partial charge in [0, 0.05) is 5.56 Å². The molecule has 1 aromatic carbocycles. The Morgan fingerprint density at radius 2 is 1.81 bits per heavy atom. The van der Waals surface area contributed by atoms with Gasteiger partial charge < -0.3 is 5.73 Å². The first-order valence-electron chi connectivity index (χ1n) is 5.82. The van der Waals surface area contributed by atoms with Crippen molar-refractivity contribution in [2.24, 2.45) is 5.73 Å². The zero-order chi connectivity index (χ0) is 12.3. The van der Waals surface area contributed by atoms with Gasteiger partial charge in [-0.25, -0.2) is 0 Å². The van der Waals surface area contributed by atoms with Crippen molar-refractivity contribution in [2.45, 2.75) is 45.6 Å². The van der Waals surface area contributed by atoms with Crippen molar-refractivity contribution >= 4 is 5.78 Å². The maximum absolute atomic E-state index is 12.1. The van der Waals surface area contributed by atoms with Crippen LogP contribution in [-0.2, 0) is 0 Å². The summed E-state index contributed by atoms with van der Waals surface area (Å²) in [5, 5.41) is 0. The standard InChI is InChI=1S/C14H21NO/c1-5-14(4,15)13(16)12-8-6-11(7-9-12)10(2)3/h6-10H,5,15H2,1-4H3. The highest BCUT2D eigenvalue weighted by Crippen LogP contribution is 2.18. The van der Waals surface area contributed by atoms with E-state index in [1.807, 2.05) is 31.2 Å². The molecular weight excluding hydrogens is 198 g/mol. The van der Waals surface area contributed by atoms with Crippen LogP contribution in [0.4, 0.5) is 0 Å². The summed E-state index contributed by atoms with van der Waals surface area (Å²) in [4.78, 5) is 12.1. The van der Waals surface area contributed by atoms with Gasteiger partial charge in [0.15, 0.2) is 5.78 Å². The Morgan fingerprint density at radius 3 is 2.19 bits per heavy atom. The van der Waals surface area contributed by atoms with Gasteiger partial charge in [0.05, 0.1) is 5.54 Å². The van der Waals surface area contributed by atoms with Gasteiger partial charge in [-0.3, -0.25) is 4.79 Å². The van der Waals surface area contributed by atoms with E-state index in [4.69, 9.17) is 5.73 Å². The van der Waals surface area contributed by atoms with Crippen LogP contribution in [0.15, 0.2) is 24.3 Å². The fraction of sp³-hybridized carbons (Fsp3) is 0.500. The molecule has 88 valence electrons. The molecule has 0 aromatic heterocycles. The molecule has 2 heteroatoms. The lowest BCUT2D eigenvalue weighted by Crippen LogP contribution is -2.44. The van der Waals surface area contributed by atoms with Gasteiger partial charge in [-0.15, -0.1) is 0 Å². The van der Waals surface area contributed by atoms with Crippen LogP contribution in [0.5, 0.6) is 0 Å². The normalized spacial score (nSPS) is 14.9. The summed E-state index contributed by atoms with van der Waals surface area (Å²) in [5.74, 6) is 0.505. The number of hydrogen-bond donors (Lipinski definition) is 1. The fourth-order valence-electron chi connectivity index (χ4n) is 1.51. The van der Waals surface area contributed by atoms with Crippen molar-refractivity contribution in [3.05, 3.63) is 35.4 Å². The van der Waals surface area contributed by atoms with E-state index >= 15 is 0 Å². The van der Waals surface area contributed by atoms with E-state index < -0.39 is 5.54 Å². The minimum atomic E-state index is -0.751. The van der Waals surface area contributed by atoms with Crippen LogP contribution in [0.1, 0.15) is 56.0 Å². The average molecular weight is 219 g/mol. The van der Waals surface area contributed by atoms with Crippen LogP contribution in [-0.4, -0.2) is 11.3 Å². The SMILES string of the molecule is CCC(C)(N)C(=O)c1ccc(C(C)C)cc1. The van der Waals surface area contributed by atoms with Crippen LogP contribution in [0.3, 0.4) is 0 Å². The molecule has 0 radical (unpaired) electrons. The predicted molar refractivity (Wildman–Crippen MR) is 67.7 cm³/mol. The molecule has 0 aliphatic rings. The molecule has 2 nitrogen and oxygen atoms in total. The molecule has 0 saturated heterocycles. The molecule has 2 N–H and O–H groups in total. The Labute approximate surface area is 97.9 Å². The lowest BCUT2D eigenvalue weighted by atomic mass is 9.89. The number of ketones is 1. The van der Waals surface area contributed by atoms with Crippen LogP contribution in [0.25, 0.3) is 0 Å². The molecule has 0 amide bonds. The van der Waals surface area contributed by atoms with Gasteiger partial charge in [0.1, 0.15) is 0 Å². The molecule has 1 aromatic rings. The van der Waals surface area contributed by atoms with Crippen molar-refractivity contribution in [1.82, 2.24) is 0 Å². The lowest BCUT2D eigenvalue weighted by molar-refractivity contribution is 0.0898. The molecule has 0 aliphatic carbocycles. The maximum atomic E-state index is 12.1. The summed E-state index contributed by atoms with van der Waals surface area (Å²) in [5.41, 5.74) is 7.14. The Kier molecular flexibility index (Phi) is 3.87. The molecule has 16 heavy (non-hydrogen) atoms. The lowest BCUT2D eigenvalue weighted by Gasteiger charge is -2.21. The summed E-state index contributed by atoms with van der Waals surface area (Å²) < 4.78 is 0. The molecule has 0 bridgehead atoms. The van der Waals surface area contributed by atoms with E-state index in [2.05, 4.69) is 13.8 Å². The first kappa shape index (κ1) is 12.9. The molecular formula is C14H21NO. The molecule has 0 saturated carbocycles. The second kappa shape index (κ2) is 4.79. The highest BCUT2D eigenvalue weighted by molar-refractivity contribution is 6.02. The van der Waals surface area contributed by atoms with Crippen molar-refractivity contribution in [3.63, 3.8) is 0 Å². The van der Waals surface area contributed by atoms with E-state index in [0.717, 1.165) is 0 Å². The zero-order valence-electron chi connectivity index (χ0n) is 10.6. The Morgan fingerprint density at radius 1 is 1.31 bits per heavy atom. The Hall–Kier alpha value is -1.15. The number of benzene rings is 1. The highest BCUT2D eigenvalue weighted by atomic mass is 16.1. The van der Waals surface area contributed by atoms with Crippen molar-refractivity contribution in [3.8, 4) is 0 Å². The molecule has 0 heterocycles. The average Bonchev–Trinajstić information content (AvgIpc) is 2.28. The van der Waals surface area contributed by atoms with Crippen LogP contribution in [0.2, 0.25) is 0 Å². The van der Waals surface area contributed by atoms with Gasteiger partial charge in [0.2, 0.25) is 0 Å². The van der Waals surface area contributed by atoms with E-state index in [0.29, 0.717) is 17.9 Å². The van der Waals surface area contributed by atoms with Crippen molar-refractivity contribution < 1.29 is 4.79 Å². The summed E-state index contributed by atoms with van der Waals surface area (Å²) in [6.45, 7) is 7.98. The van der Waals surface area contributed by atoms with E-state index in [9.17, 15) is 4.79 Å². The Balaban J connectivity index is 2.94. The quantitative estimate of drug-likeness (QED) is 0.791. The summed E-state index contributed by atoms with van der Waals surface area (Å²) in [6.07, 6.45) is 0.651. The summed E-state index contributed by atoms with van der Waals surface area (Å²) in [7, 11) is 0. The van der Waals surface area contributed by atoms with Gasteiger partial charge in [0.25, 0.3) is 0 Å². The number of Topliss-reactive ketones (excluding diaryl/α,β-unsaturated/α-hetero) is 1. The van der Waals surface area contributed by atoms with Crippen molar-refractivity contribution in [2.75, 3.05) is 0 Å². The Bertz CT molecular complexity index is 363. The minimum absolute atomic E-state index is 0.0188. The fourth-order valence-corrected chi connectivity index (χ4v) is 1.51. The molecule has 1 atom stereocenters. The van der Waals surface area contributed by atoms with Crippen LogP contribution < -0.4 is 5.73 Å². The third-order valence-electron chi connectivity index (χ3n) is 3.09. The molecule has 1 unspecified atom stereocenters. The smallest absolute Gasteiger partial charge is 0.182 e. The number of carbonyl (C=O) groups is 1. The van der Waals surface area contributed by atoms with E-state index in [-0.39, 0.29) is 5.78 Å². The maximum Gasteiger partial charge on any atom is 0.182 e. The molecule has 0 aliphatic heterocycles. The van der Waals surface area contributed by atoms with E-state index in [1.165, 1.54) is 5.56 Å². The third kappa shape index (κ3) is 2.70. The molecule has 1 rings (SSSR count). The minimum Gasteiger partial charge on any atom is -0.319 e. The second-order valence-electron chi connectivity index (χ2n) is 4.88. The summed E-state index contributed by atoms with van der Waals surface area (Å²) >= 11 is 0. The molecule has 0 spiro atoms. The highest BCUT2D eigenvalue weighted by Gasteiger charge is 2.26. The first-order valence-corrected chi connectivity index (χ1v) is 5.82. The second-order valence-corrected chi connectivity index (χ2v) is 4.88. The first-order chi connectivity index (χ1) is 7.38. The number of hydrogen-bond acceptors (Lipinski definition) is 2. The number of nitrogens with two attached hydrogens (primary N) is 1. The monoisotopic (exact) mass is 219 g/mol. The van der Waals surface area contributed by atoms with Crippen LogP contribution >= 0.6 is 0 Å². The third-order valence-corrected chi connectivity index (χ3v) is 3.09. The topological polar surface area (TPSA) is 43.1 Å². The van der Waals surface area contributed by atoms with E-state index in [1.54, 1.807) is 6.92 Å². The number of carbonyl (C=O) groups excluding carboxylic acids is 1. The van der Waals surface area contributed by atoms with Crippen molar-refractivity contribution in [1.29, 1.82) is 0 Å². The van der Waals surface area contributed by atoms with Crippen LogP contribution in [0, 0.1) is 0 Å².